The fourth-order valence-electron chi connectivity index (χ4n) is 1.25. The van der Waals surface area contributed by atoms with Crippen LogP contribution in [-0.2, 0) is 11.2 Å². The van der Waals surface area contributed by atoms with Gasteiger partial charge in [0.2, 0.25) is 0 Å². The van der Waals surface area contributed by atoms with Gasteiger partial charge in [-0.25, -0.2) is 0 Å². The summed E-state index contributed by atoms with van der Waals surface area (Å²) >= 11 is 0. The minimum Gasteiger partial charge on any atom is -0.490 e. The highest BCUT2D eigenvalue weighted by molar-refractivity contribution is 5.52. The van der Waals surface area contributed by atoms with Crippen molar-refractivity contribution in [2.45, 2.75) is 12.8 Å². The van der Waals surface area contributed by atoms with Gasteiger partial charge in [-0.15, -0.1) is 0 Å². The highest BCUT2D eigenvalue weighted by Gasteiger charge is 2.14. The molecule has 1 aromatic carbocycles. The van der Waals surface area contributed by atoms with Crippen LogP contribution in [0.3, 0.4) is 0 Å². The molecule has 0 saturated heterocycles. The van der Waals surface area contributed by atoms with Crippen LogP contribution >= 0.6 is 0 Å². The van der Waals surface area contributed by atoms with Crippen LogP contribution in [0, 0.1) is 10.1 Å². The summed E-state index contributed by atoms with van der Waals surface area (Å²) < 4.78 is 4.90. The molecule has 0 N–H and O–H groups in total. The Hall–Kier alpha value is -1.91. The average molecular weight is 209 g/mol. The third-order valence-corrected chi connectivity index (χ3v) is 1.99. The van der Waals surface area contributed by atoms with Gasteiger partial charge in [0.1, 0.15) is 6.29 Å². The van der Waals surface area contributed by atoms with Crippen LogP contribution in [0.4, 0.5) is 5.69 Å². The third kappa shape index (κ3) is 2.77. The van der Waals surface area contributed by atoms with Gasteiger partial charge in [-0.3, -0.25) is 10.1 Å². The van der Waals surface area contributed by atoms with Gasteiger partial charge in [0.05, 0.1) is 12.0 Å². The van der Waals surface area contributed by atoms with Crippen LogP contribution in [0.1, 0.15) is 12.0 Å². The Morgan fingerprint density at radius 3 is 2.80 bits per heavy atom. The molecule has 1 rings (SSSR count). The van der Waals surface area contributed by atoms with E-state index in [1.807, 2.05) is 0 Å². The number of aldehydes is 1. The molecule has 0 aliphatic carbocycles. The lowest BCUT2D eigenvalue weighted by molar-refractivity contribution is -0.385. The lowest BCUT2D eigenvalue weighted by atomic mass is 10.1. The summed E-state index contributed by atoms with van der Waals surface area (Å²) in [7, 11) is 1.38. The molecule has 1 aromatic rings. The zero-order valence-corrected chi connectivity index (χ0v) is 8.30. The first-order valence-corrected chi connectivity index (χ1v) is 4.44. The Labute approximate surface area is 86.8 Å². The molecule has 0 radical (unpaired) electrons. The summed E-state index contributed by atoms with van der Waals surface area (Å²) in [5, 5.41) is 10.6. The molecule has 15 heavy (non-hydrogen) atoms. The van der Waals surface area contributed by atoms with Crippen molar-refractivity contribution in [3.63, 3.8) is 0 Å². The normalized spacial score (nSPS) is 9.67. The molecule has 0 amide bonds. The highest BCUT2D eigenvalue weighted by atomic mass is 16.6. The predicted molar refractivity (Wildman–Crippen MR) is 54.0 cm³/mol. The number of nitrogens with zero attached hydrogens (tertiary/aromatic N) is 1. The smallest absolute Gasteiger partial charge is 0.310 e. The maximum atomic E-state index is 10.6. The standard InChI is InChI=1S/C10H11NO4/c1-15-10-7-8(3-2-6-12)4-5-9(10)11(13)14/h4-7H,2-3H2,1H3. The minimum atomic E-state index is -0.498. The van der Waals surface area contributed by atoms with Gasteiger partial charge < -0.3 is 9.53 Å². The van der Waals surface area contributed by atoms with Gasteiger partial charge in [0.15, 0.2) is 5.75 Å². The average Bonchev–Trinajstić information content (AvgIpc) is 2.25. The lowest BCUT2D eigenvalue weighted by Crippen LogP contribution is -1.95. The van der Waals surface area contributed by atoms with E-state index in [9.17, 15) is 14.9 Å². The molecular formula is C10H11NO4. The quantitative estimate of drug-likeness (QED) is 0.420. The fourth-order valence-corrected chi connectivity index (χ4v) is 1.25. The fraction of sp³-hybridized carbons (Fsp3) is 0.300. The van der Waals surface area contributed by atoms with Crippen LogP contribution in [0.15, 0.2) is 18.2 Å². The van der Waals surface area contributed by atoms with Crippen LogP contribution < -0.4 is 4.74 Å². The molecule has 0 saturated carbocycles. The first kappa shape index (κ1) is 11.2. The van der Waals surface area contributed by atoms with E-state index in [1.165, 1.54) is 13.2 Å². The van der Waals surface area contributed by atoms with Crippen molar-refractivity contribution < 1.29 is 14.5 Å². The predicted octanol–water partition coefficient (Wildman–Crippen LogP) is 1.73. The second-order valence-corrected chi connectivity index (χ2v) is 2.97. The van der Waals surface area contributed by atoms with Crippen molar-refractivity contribution in [3.8, 4) is 5.75 Å². The molecule has 0 heterocycles. The largest absolute Gasteiger partial charge is 0.490 e. The summed E-state index contributed by atoms with van der Waals surface area (Å²) in [5.41, 5.74) is 0.789. The molecule has 5 nitrogen and oxygen atoms in total. The number of nitro groups is 1. The van der Waals surface area contributed by atoms with Crippen LogP contribution in [0.25, 0.3) is 0 Å². The zero-order valence-electron chi connectivity index (χ0n) is 8.30. The van der Waals surface area contributed by atoms with E-state index in [0.717, 1.165) is 11.8 Å². The van der Waals surface area contributed by atoms with Crippen molar-refractivity contribution in [2.24, 2.45) is 0 Å². The first-order chi connectivity index (χ1) is 7.19. The van der Waals surface area contributed by atoms with Crippen molar-refractivity contribution >= 4 is 12.0 Å². The second kappa shape index (κ2) is 5.09. The van der Waals surface area contributed by atoms with Crippen molar-refractivity contribution in [1.29, 1.82) is 0 Å². The Morgan fingerprint density at radius 2 is 2.27 bits per heavy atom. The van der Waals surface area contributed by atoms with E-state index < -0.39 is 4.92 Å². The maximum Gasteiger partial charge on any atom is 0.310 e. The summed E-state index contributed by atoms with van der Waals surface area (Å²) in [6.45, 7) is 0. The number of methoxy groups -OCH3 is 1. The maximum absolute atomic E-state index is 10.6. The van der Waals surface area contributed by atoms with E-state index in [4.69, 9.17) is 4.74 Å². The number of hydrogen-bond acceptors (Lipinski definition) is 4. The van der Waals surface area contributed by atoms with Crippen molar-refractivity contribution in [1.82, 2.24) is 0 Å². The number of rotatable bonds is 5. The lowest BCUT2D eigenvalue weighted by Gasteiger charge is -2.03. The SMILES string of the molecule is COc1cc(CCC=O)ccc1[N+](=O)[O-]. The van der Waals surface area contributed by atoms with E-state index in [0.29, 0.717) is 12.8 Å². The molecule has 0 bridgehead atoms. The summed E-state index contributed by atoms with van der Waals surface area (Å²) in [4.78, 5) is 20.2. The Bertz CT molecular complexity index is 376. The number of benzene rings is 1. The van der Waals surface area contributed by atoms with Gasteiger partial charge in [0, 0.05) is 12.5 Å². The first-order valence-electron chi connectivity index (χ1n) is 4.44. The third-order valence-electron chi connectivity index (χ3n) is 1.99. The molecular weight excluding hydrogens is 198 g/mol. The highest BCUT2D eigenvalue weighted by Crippen LogP contribution is 2.27. The Kier molecular flexibility index (Phi) is 3.79. The second-order valence-electron chi connectivity index (χ2n) is 2.97. The molecule has 0 aliphatic rings. The summed E-state index contributed by atoms with van der Waals surface area (Å²) in [6, 6.07) is 4.60. The van der Waals surface area contributed by atoms with E-state index in [-0.39, 0.29) is 11.4 Å². The van der Waals surface area contributed by atoms with Crippen LogP contribution in [-0.4, -0.2) is 18.3 Å². The number of carbonyl (C=O) groups excluding carboxylic acids is 1. The number of hydrogen-bond donors (Lipinski definition) is 0. The molecule has 0 atom stereocenters. The van der Waals surface area contributed by atoms with Crippen molar-refractivity contribution in [2.75, 3.05) is 7.11 Å². The van der Waals surface area contributed by atoms with Crippen molar-refractivity contribution in [3.05, 3.63) is 33.9 Å². The van der Waals surface area contributed by atoms with Crippen LogP contribution in [0.2, 0.25) is 0 Å². The minimum absolute atomic E-state index is 0.0626. The zero-order chi connectivity index (χ0) is 11.3. The number of aryl methyl sites for hydroxylation is 1. The molecule has 0 fully saturated rings. The number of ether oxygens (including phenoxy) is 1. The molecule has 0 aromatic heterocycles. The van der Waals surface area contributed by atoms with Gasteiger partial charge in [-0.1, -0.05) is 6.07 Å². The molecule has 5 heteroatoms. The summed E-state index contributed by atoms with van der Waals surface area (Å²) in [6.07, 6.45) is 1.78. The number of nitro benzene ring substituents is 1. The van der Waals surface area contributed by atoms with Crippen LogP contribution in [0.5, 0.6) is 5.75 Å². The monoisotopic (exact) mass is 209 g/mol. The molecule has 0 aliphatic heterocycles. The van der Waals surface area contributed by atoms with Gasteiger partial charge in [0.25, 0.3) is 0 Å². The molecule has 0 unspecified atom stereocenters. The van der Waals surface area contributed by atoms with Gasteiger partial charge in [-0.05, 0) is 18.1 Å². The molecule has 80 valence electrons. The summed E-state index contributed by atoms with van der Waals surface area (Å²) in [5.74, 6) is 0.225. The van der Waals surface area contributed by atoms with Gasteiger partial charge in [-0.2, -0.15) is 0 Å². The van der Waals surface area contributed by atoms with E-state index in [2.05, 4.69) is 0 Å². The van der Waals surface area contributed by atoms with Gasteiger partial charge >= 0.3 is 5.69 Å². The van der Waals surface area contributed by atoms with E-state index in [1.54, 1.807) is 12.1 Å². The Morgan fingerprint density at radius 1 is 1.53 bits per heavy atom. The molecule has 0 spiro atoms. The Balaban J connectivity index is 2.96. The number of carbonyl (C=O) groups is 1. The van der Waals surface area contributed by atoms with E-state index >= 15 is 0 Å². The topological polar surface area (TPSA) is 69.4 Å².